The van der Waals surface area contributed by atoms with Gasteiger partial charge in [0, 0.05) is 30.5 Å². The van der Waals surface area contributed by atoms with Crippen LogP contribution in [-0.2, 0) is 20.4 Å². The highest BCUT2D eigenvalue weighted by atomic mass is 19.4. The first kappa shape index (κ1) is 24.2. The summed E-state index contributed by atoms with van der Waals surface area (Å²) in [7, 11) is 0. The smallest absolute Gasteiger partial charge is 0.394 e. The second-order valence-corrected chi connectivity index (χ2v) is 8.28. The van der Waals surface area contributed by atoms with Crippen molar-refractivity contribution in [2.45, 2.75) is 37.2 Å². The molecule has 0 aliphatic carbocycles. The van der Waals surface area contributed by atoms with E-state index in [9.17, 15) is 27.9 Å². The molecule has 182 valence electrons. The van der Waals surface area contributed by atoms with Gasteiger partial charge in [0.25, 0.3) is 5.91 Å². The molecule has 10 heteroatoms. The maximum absolute atomic E-state index is 12.7. The lowest BCUT2D eigenvalue weighted by molar-refractivity contribution is -0.168. The molecule has 4 rings (SSSR count). The number of benzene rings is 2. The SMILES string of the molecule is O=C(Nc1ccc(C2OCC(=O)N(C3CCOCC3)C2CO)cc1)c1ccc(C(F)(F)F)cc1. The van der Waals surface area contributed by atoms with E-state index in [-0.39, 0.29) is 30.7 Å². The van der Waals surface area contributed by atoms with Crippen molar-refractivity contribution in [2.75, 3.05) is 31.7 Å². The molecule has 2 amide bonds. The van der Waals surface area contributed by atoms with Gasteiger partial charge in [-0.25, -0.2) is 0 Å². The number of nitrogens with one attached hydrogen (secondary N) is 1. The fourth-order valence-corrected chi connectivity index (χ4v) is 4.39. The number of carbonyl (C=O) groups is 2. The van der Waals surface area contributed by atoms with Gasteiger partial charge in [0.1, 0.15) is 12.7 Å². The molecule has 7 nitrogen and oxygen atoms in total. The van der Waals surface area contributed by atoms with Crippen LogP contribution in [0.4, 0.5) is 18.9 Å². The van der Waals surface area contributed by atoms with Crippen LogP contribution in [0.2, 0.25) is 0 Å². The molecule has 0 aromatic heterocycles. The van der Waals surface area contributed by atoms with Crippen molar-refractivity contribution in [3.63, 3.8) is 0 Å². The number of aliphatic hydroxyl groups is 1. The molecule has 2 saturated heterocycles. The zero-order valence-corrected chi connectivity index (χ0v) is 18.3. The molecule has 2 fully saturated rings. The third kappa shape index (κ3) is 5.24. The average Bonchev–Trinajstić information content (AvgIpc) is 2.84. The van der Waals surface area contributed by atoms with Crippen molar-refractivity contribution < 1.29 is 37.3 Å². The van der Waals surface area contributed by atoms with Gasteiger partial charge in [-0.3, -0.25) is 9.59 Å². The number of alkyl halides is 3. The molecule has 0 spiro atoms. The van der Waals surface area contributed by atoms with Crippen LogP contribution in [0.3, 0.4) is 0 Å². The number of anilines is 1. The topological polar surface area (TPSA) is 88.1 Å². The van der Waals surface area contributed by atoms with Crippen LogP contribution in [0.1, 0.15) is 40.4 Å². The van der Waals surface area contributed by atoms with Gasteiger partial charge in [-0.1, -0.05) is 12.1 Å². The highest BCUT2D eigenvalue weighted by Gasteiger charge is 2.41. The van der Waals surface area contributed by atoms with Crippen molar-refractivity contribution in [3.8, 4) is 0 Å². The second-order valence-electron chi connectivity index (χ2n) is 8.28. The molecule has 0 saturated carbocycles. The molecule has 2 atom stereocenters. The molecule has 2 unspecified atom stereocenters. The van der Waals surface area contributed by atoms with Crippen molar-refractivity contribution >= 4 is 17.5 Å². The van der Waals surface area contributed by atoms with Crippen molar-refractivity contribution in [3.05, 3.63) is 65.2 Å². The van der Waals surface area contributed by atoms with E-state index >= 15 is 0 Å². The van der Waals surface area contributed by atoms with Gasteiger partial charge in [0.05, 0.1) is 18.2 Å². The van der Waals surface area contributed by atoms with E-state index in [2.05, 4.69) is 5.32 Å². The summed E-state index contributed by atoms with van der Waals surface area (Å²) in [5, 5.41) is 12.7. The monoisotopic (exact) mass is 478 g/mol. The normalized spacial score (nSPS) is 22.0. The van der Waals surface area contributed by atoms with Gasteiger partial charge in [-0.2, -0.15) is 13.2 Å². The Labute approximate surface area is 194 Å². The summed E-state index contributed by atoms with van der Waals surface area (Å²) in [6.45, 7) is 0.766. The van der Waals surface area contributed by atoms with Crippen LogP contribution < -0.4 is 5.32 Å². The molecular formula is C24H25F3N2O5. The lowest BCUT2D eigenvalue weighted by Crippen LogP contribution is -2.57. The van der Waals surface area contributed by atoms with Gasteiger partial charge in [-0.15, -0.1) is 0 Å². The van der Waals surface area contributed by atoms with E-state index < -0.39 is 29.8 Å². The zero-order valence-electron chi connectivity index (χ0n) is 18.3. The summed E-state index contributed by atoms with van der Waals surface area (Å²) in [4.78, 5) is 26.7. The van der Waals surface area contributed by atoms with Crippen molar-refractivity contribution in [1.29, 1.82) is 0 Å². The Morgan fingerprint density at radius 3 is 2.29 bits per heavy atom. The first-order chi connectivity index (χ1) is 16.3. The zero-order chi connectivity index (χ0) is 24.3. The quantitative estimate of drug-likeness (QED) is 0.688. The molecule has 2 N–H and O–H groups in total. The first-order valence-electron chi connectivity index (χ1n) is 11.0. The van der Waals surface area contributed by atoms with Crippen LogP contribution in [0.25, 0.3) is 0 Å². The van der Waals surface area contributed by atoms with Crippen LogP contribution in [0, 0.1) is 0 Å². The standard InChI is InChI=1S/C24H25F3N2O5/c25-24(26,27)17-5-1-16(2-6-17)23(32)28-18-7-3-15(4-8-18)22-20(13-30)29(21(31)14-34-22)19-9-11-33-12-10-19/h1-8,19-20,22,30H,9-14H2,(H,28,32). The molecule has 0 radical (unpaired) electrons. The van der Waals surface area contributed by atoms with E-state index in [4.69, 9.17) is 9.47 Å². The number of hydrogen-bond donors (Lipinski definition) is 2. The number of ether oxygens (including phenoxy) is 2. The molecule has 2 aliphatic rings. The van der Waals surface area contributed by atoms with E-state index in [1.165, 1.54) is 0 Å². The number of nitrogens with zero attached hydrogens (tertiary/aromatic N) is 1. The van der Waals surface area contributed by atoms with Gasteiger partial charge in [0.15, 0.2) is 0 Å². The predicted octanol–water partition coefficient (Wildman–Crippen LogP) is 3.40. The predicted molar refractivity (Wildman–Crippen MR) is 116 cm³/mol. The summed E-state index contributed by atoms with van der Waals surface area (Å²) in [6.07, 6.45) is -3.61. The molecule has 2 aromatic carbocycles. The minimum absolute atomic E-state index is 0.0212. The first-order valence-corrected chi connectivity index (χ1v) is 11.0. The maximum Gasteiger partial charge on any atom is 0.416 e. The largest absolute Gasteiger partial charge is 0.416 e. The van der Waals surface area contributed by atoms with E-state index in [1.54, 1.807) is 29.2 Å². The summed E-state index contributed by atoms with van der Waals surface area (Å²) in [5.41, 5.74) is 0.449. The number of halogens is 3. The number of morpholine rings is 1. The number of amides is 2. The van der Waals surface area contributed by atoms with E-state index in [1.807, 2.05) is 0 Å². The molecular weight excluding hydrogens is 453 g/mol. The Bertz CT molecular complexity index is 1000. The Hall–Kier alpha value is -2.95. The molecule has 2 aliphatic heterocycles. The van der Waals surface area contributed by atoms with Gasteiger partial charge in [0.2, 0.25) is 5.91 Å². The lowest BCUT2D eigenvalue weighted by atomic mass is 9.95. The summed E-state index contributed by atoms with van der Waals surface area (Å²) in [5.74, 6) is -0.706. The summed E-state index contributed by atoms with van der Waals surface area (Å²) in [6, 6.07) is 10.1. The molecule has 34 heavy (non-hydrogen) atoms. The minimum Gasteiger partial charge on any atom is -0.394 e. The Morgan fingerprint density at radius 2 is 1.71 bits per heavy atom. The van der Waals surface area contributed by atoms with Crippen LogP contribution >= 0.6 is 0 Å². The van der Waals surface area contributed by atoms with Crippen LogP contribution in [0.5, 0.6) is 0 Å². The van der Waals surface area contributed by atoms with Gasteiger partial charge in [-0.05, 0) is 54.8 Å². The lowest BCUT2D eigenvalue weighted by Gasteiger charge is -2.45. The number of rotatable bonds is 5. The highest BCUT2D eigenvalue weighted by molar-refractivity contribution is 6.04. The van der Waals surface area contributed by atoms with E-state index in [0.717, 1.165) is 29.8 Å². The van der Waals surface area contributed by atoms with Crippen molar-refractivity contribution in [1.82, 2.24) is 4.90 Å². The fourth-order valence-electron chi connectivity index (χ4n) is 4.39. The molecule has 2 heterocycles. The maximum atomic E-state index is 12.7. The summed E-state index contributed by atoms with van der Waals surface area (Å²) < 4.78 is 49.3. The highest BCUT2D eigenvalue weighted by Crippen LogP contribution is 2.33. The van der Waals surface area contributed by atoms with Gasteiger partial charge < -0.3 is 24.8 Å². The minimum atomic E-state index is -4.47. The fraction of sp³-hybridized carbons (Fsp3) is 0.417. The number of aliphatic hydroxyl groups excluding tert-OH is 1. The molecule has 2 aromatic rings. The third-order valence-corrected chi connectivity index (χ3v) is 6.12. The average molecular weight is 478 g/mol. The second kappa shape index (κ2) is 10.1. The van der Waals surface area contributed by atoms with Crippen LogP contribution in [0.15, 0.2) is 48.5 Å². The Kier molecular flexibility index (Phi) is 7.20. The van der Waals surface area contributed by atoms with E-state index in [0.29, 0.717) is 31.7 Å². The number of carbonyl (C=O) groups excluding carboxylic acids is 2. The molecule has 0 bridgehead atoms. The van der Waals surface area contributed by atoms with Crippen molar-refractivity contribution in [2.24, 2.45) is 0 Å². The number of hydrogen-bond acceptors (Lipinski definition) is 5. The summed E-state index contributed by atoms with van der Waals surface area (Å²) >= 11 is 0. The Balaban J connectivity index is 1.45. The van der Waals surface area contributed by atoms with Crippen LogP contribution in [-0.4, -0.2) is 60.3 Å². The Morgan fingerprint density at radius 1 is 1.06 bits per heavy atom. The third-order valence-electron chi connectivity index (χ3n) is 6.12. The van der Waals surface area contributed by atoms with Gasteiger partial charge >= 0.3 is 6.18 Å².